The van der Waals surface area contributed by atoms with E-state index in [1.165, 1.54) is 6.42 Å². The van der Waals surface area contributed by atoms with Crippen molar-refractivity contribution in [3.63, 3.8) is 0 Å². The van der Waals surface area contributed by atoms with Gasteiger partial charge in [0.25, 0.3) is 0 Å². The number of hydrogen-bond donors (Lipinski definition) is 1. The van der Waals surface area contributed by atoms with E-state index in [0.29, 0.717) is 6.04 Å². The van der Waals surface area contributed by atoms with E-state index < -0.39 is 0 Å². The normalized spacial score (nSPS) is 22.4. The Morgan fingerprint density at radius 1 is 1.64 bits per heavy atom. The summed E-state index contributed by atoms with van der Waals surface area (Å²) in [4.78, 5) is 13.4. The summed E-state index contributed by atoms with van der Waals surface area (Å²) >= 11 is 0. The molecule has 1 heterocycles. The topological polar surface area (TPSA) is 41.6 Å². The summed E-state index contributed by atoms with van der Waals surface area (Å²) in [5, 5.41) is 3.38. The summed E-state index contributed by atoms with van der Waals surface area (Å²) in [7, 11) is 1.56. The monoisotopic (exact) mass is 200 g/mol. The summed E-state index contributed by atoms with van der Waals surface area (Å²) in [6.07, 6.45) is 2.26. The molecule has 1 fully saturated rings. The Morgan fingerprint density at radius 2 is 2.43 bits per heavy atom. The molecule has 0 bridgehead atoms. The molecule has 1 amide bonds. The quantitative estimate of drug-likeness (QED) is 0.706. The second kappa shape index (κ2) is 5.98. The summed E-state index contributed by atoms with van der Waals surface area (Å²) in [5.74, 6) is 0.107. The van der Waals surface area contributed by atoms with Gasteiger partial charge in [-0.3, -0.25) is 4.79 Å². The van der Waals surface area contributed by atoms with Crippen molar-refractivity contribution in [3.05, 3.63) is 0 Å². The molecule has 0 aromatic carbocycles. The van der Waals surface area contributed by atoms with Gasteiger partial charge in [0.2, 0.25) is 5.91 Å². The average Bonchev–Trinajstić information content (AvgIpc) is 2.19. The highest BCUT2D eigenvalue weighted by molar-refractivity contribution is 5.77. The molecule has 1 N–H and O–H groups in total. The van der Waals surface area contributed by atoms with E-state index in [-0.39, 0.29) is 12.5 Å². The maximum atomic E-state index is 11.5. The molecular weight excluding hydrogens is 180 g/mol. The van der Waals surface area contributed by atoms with Crippen molar-refractivity contribution in [2.45, 2.75) is 25.8 Å². The van der Waals surface area contributed by atoms with E-state index in [4.69, 9.17) is 4.74 Å². The number of piperidine rings is 1. The van der Waals surface area contributed by atoms with E-state index in [1.807, 2.05) is 4.90 Å². The number of carbonyl (C=O) groups is 1. The van der Waals surface area contributed by atoms with E-state index in [0.717, 1.165) is 26.1 Å². The van der Waals surface area contributed by atoms with Gasteiger partial charge in [-0.15, -0.1) is 0 Å². The zero-order valence-electron chi connectivity index (χ0n) is 9.08. The van der Waals surface area contributed by atoms with E-state index >= 15 is 0 Å². The highest BCUT2D eigenvalue weighted by Gasteiger charge is 2.22. The lowest BCUT2D eigenvalue weighted by Crippen LogP contribution is -2.48. The highest BCUT2D eigenvalue weighted by Crippen LogP contribution is 2.09. The van der Waals surface area contributed by atoms with Gasteiger partial charge in [-0.1, -0.05) is 6.92 Å². The molecule has 0 aromatic heterocycles. The molecule has 0 saturated carbocycles. The van der Waals surface area contributed by atoms with Crippen LogP contribution in [0.1, 0.15) is 19.8 Å². The zero-order chi connectivity index (χ0) is 10.4. The van der Waals surface area contributed by atoms with Crippen molar-refractivity contribution in [1.29, 1.82) is 0 Å². The van der Waals surface area contributed by atoms with Gasteiger partial charge in [-0.2, -0.15) is 0 Å². The van der Waals surface area contributed by atoms with Crippen LogP contribution in [0.2, 0.25) is 0 Å². The predicted molar refractivity (Wildman–Crippen MR) is 55.2 cm³/mol. The van der Waals surface area contributed by atoms with Crippen molar-refractivity contribution in [3.8, 4) is 0 Å². The smallest absolute Gasteiger partial charge is 0.248 e. The Labute approximate surface area is 85.6 Å². The molecule has 1 atom stereocenters. The number of nitrogens with zero attached hydrogens (tertiary/aromatic N) is 1. The van der Waals surface area contributed by atoms with E-state index in [1.54, 1.807) is 7.11 Å². The predicted octanol–water partition coefficient (Wildman–Crippen LogP) is 0.233. The van der Waals surface area contributed by atoms with Gasteiger partial charge in [-0.25, -0.2) is 0 Å². The molecule has 1 aliphatic rings. The molecule has 1 rings (SSSR count). The maximum Gasteiger partial charge on any atom is 0.248 e. The van der Waals surface area contributed by atoms with Gasteiger partial charge in [0.1, 0.15) is 6.61 Å². The van der Waals surface area contributed by atoms with Gasteiger partial charge in [0.05, 0.1) is 0 Å². The van der Waals surface area contributed by atoms with Gasteiger partial charge in [0, 0.05) is 26.2 Å². The largest absolute Gasteiger partial charge is 0.375 e. The lowest BCUT2D eigenvalue weighted by Gasteiger charge is -2.33. The van der Waals surface area contributed by atoms with Crippen LogP contribution in [0.3, 0.4) is 0 Å². The van der Waals surface area contributed by atoms with Crippen LogP contribution in [0.25, 0.3) is 0 Å². The molecule has 0 aromatic rings. The number of rotatable bonds is 4. The molecule has 1 unspecified atom stereocenters. The minimum Gasteiger partial charge on any atom is -0.375 e. The number of methoxy groups -OCH3 is 1. The fraction of sp³-hybridized carbons (Fsp3) is 0.900. The third-order valence-corrected chi connectivity index (χ3v) is 2.53. The Balaban J connectivity index is 2.35. The molecule has 1 aliphatic heterocycles. The van der Waals surface area contributed by atoms with E-state index in [9.17, 15) is 4.79 Å². The zero-order valence-corrected chi connectivity index (χ0v) is 9.08. The number of hydrogen-bond acceptors (Lipinski definition) is 3. The summed E-state index contributed by atoms with van der Waals surface area (Å²) in [5.41, 5.74) is 0. The first-order chi connectivity index (χ1) is 6.77. The lowest BCUT2D eigenvalue weighted by atomic mass is 10.1. The first-order valence-corrected chi connectivity index (χ1v) is 5.28. The van der Waals surface area contributed by atoms with Crippen LogP contribution in [-0.2, 0) is 9.53 Å². The second-order valence-electron chi connectivity index (χ2n) is 3.67. The third kappa shape index (κ3) is 3.27. The molecule has 4 nitrogen and oxygen atoms in total. The van der Waals surface area contributed by atoms with Crippen molar-refractivity contribution in [1.82, 2.24) is 10.2 Å². The summed E-state index contributed by atoms with van der Waals surface area (Å²) in [6.45, 7) is 4.98. The van der Waals surface area contributed by atoms with Crippen LogP contribution < -0.4 is 5.32 Å². The number of likely N-dealkylation sites (N-methyl/N-ethyl adjacent to an activating group) is 1. The average molecular weight is 200 g/mol. The van der Waals surface area contributed by atoms with E-state index in [2.05, 4.69) is 12.2 Å². The molecule has 14 heavy (non-hydrogen) atoms. The maximum absolute atomic E-state index is 11.5. The van der Waals surface area contributed by atoms with Crippen LogP contribution in [0.15, 0.2) is 0 Å². The fourth-order valence-electron chi connectivity index (χ4n) is 1.87. The van der Waals surface area contributed by atoms with Gasteiger partial charge >= 0.3 is 0 Å². The Morgan fingerprint density at radius 3 is 3.07 bits per heavy atom. The van der Waals surface area contributed by atoms with Crippen LogP contribution in [0.5, 0.6) is 0 Å². The van der Waals surface area contributed by atoms with Crippen LogP contribution in [0.4, 0.5) is 0 Å². The number of ether oxygens (including phenoxy) is 1. The van der Waals surface area contributed by atoms with Crippen molar-refractivity contribution in [2.75, 3.05) is 33.4 Å². The number of nitrogens with one attached hydrogen (secondary N) is 1. The minimum absolute atomic E-state index is 0.107. The summed E-state index contributed by atoms with van der Waals surface area (Å²) in [6, 6.07) is 0.467. The highest BCUT2D eigenvalue weighted by atomic mass is 16.5. The molecular formula is C10H20N2O2. The molecule has 0 spiro atoms. The van der Waals surface area contributed by atoms with Crippen molar-refractivity contribution < 1.29 is 9.53 Å². The second-order valence-corrected chi connectivity index (χ2v) is 3.67. The fourth-order valence-corrected chi connectivity index (χ4v) is 1.87. The third-order valence-electron chi connectivity index (χ3n) is 2.53. The number of likely N-dealkylation sites (tertiary alicyclic amines) is 1. The first kappa shape index (κ1) is 11.5. The number of amides is 1. The van der Waals surface area contributed by atoms with Crippen LogP contribution in [0, 0.1) is 0 Å². The van der Waals surface area contributed by atoms with Crippen molar-refractivity contribution in [2.24, 2.45) is 0 Å². The van der Waals surface area contributed by atoms with Crippen molar-refractivity contribution >= 4 is 5.91 Å². The molecule has 0 radical (unpaired) electrons. The Bertz CT molecular complexity index is 183. The van der Waals surface area contributed by atoms with Crippen LogP contribution >= 0.6 is 0 Å². The minimum atomic E-state index is 0.107. The standard InChI is InChI=1S/C10H20N2O2/c1-3-11-9-5-4-6-12(7-9)10(13)8-14-2/h9,11H,3-8H2,1-2H3. The Kier molecular flexibility index (Phi) is 4.90. The van der Waals surface area contributed by atoms with Gasteiger partial charge < -0.3 is 15.0 Å². The first-order valence-electron chi connectivity index (χ1n) is 5.28. The summed E-state index contributed by atoms with van der Waals surface area (Å²) < 4.78 is 4.84. The van der Waals surface area contributed by atoms with Gasteiger partial charge in [-0.05, 0) is 19.4 Å². The molecule has 1 saturated heterocycles. The lowest BCUT2D eigenvalue weighted by molar-refractivity contribution is -0.136. The van der Waals surface area contributed by atoms with Gasteiger partial charge in [0.15, 0.2) is 0 Å². The van der Waals surface area contributed by atoms with Crippen LogP contribution in [-0.4, -0.2) is 50.2 Å². The molecule has 82 valence electrons. The SMILES string of the molecule is CCNC1CCCN(C(=O)COC)C1. The Hall–Kier alpha value is -0.610. The molecule has 4 heteroatoms. The molecule has 0 aliphatic carbocycles. The number of carbonyl (C=O) groups excluding carboxylic acids is 1.